The average molecular weight is 505 g/mol. The quantitative estimate of drug-likeness (QED) is 0.318. The van der Waals surface area contributed by atoms with Crippen LogP contribution >= 0.6 is 0 Å². The molecule has 5 nitrogen and oxygen atoms in total. The molecule has 3 aliphatic carbocycles. The maximum absolute atomic E-state index is 14.6. The first-order chi connectivity index (χ1) is 17.4. The standard InChI is InChI=1S/C32H41NO4/c1-7-30(5)14-19(4)24-23-26(30)27(34)22-16-32(36,33-29(22)35)15-20-8-10-21(11-9-20)37-28(23)25-18(3)12-17(2)13-31(24,25)6/h7-11,14,17-18,22-26,28,36H,1,12-13,15-16H2,2-6H3,(H,33,35)/t17-,18+,22+,23+,24-,25+,26+,28+,30+,31+,32-/m1/s1/i7+1. The number of carbonyl (C=O) groups excluding carboxylic acids is 2. The van der Waals surface area contributed by atoms with E-state index in [4.69, 9.17) is 4.74 Å². The topological polar surface area (TPSA) is 75.6 Å². The lowest BCUT2D eigenvalue weighted by molar-refractivity contribution is -0.139. The van der Waals surface area contributed by atoms with E-state index in [1.807, 2.05) is 30.3 Å². The zero-order valence-corrected chi connectivity index (χ0v) is 22.8. The van der Waals surface area contributed by atoms with Crippen LogP contribution in [0.2, 0.25) is 0 Å². The molecule has 0 spiro atoms. The van der Waals surface area contributed by atoms with Crippen molar-refractivity contribution in [2.24, 2.45) is 52.3 Å². The van der Waals surface area contributed by atoms with Crippen LogP contribution in [-0.4, -0.2) is 28.6 Å². The zero-order valence-electron chi connectivity index (χ0n) is 22.8. The van der Waals surface area contributed by atoms with Gasteiger partial charge in [0.25, 0.3) is 0 Å². The predicted molar refractivity (Wildman–Crippen MR) is 142 cm³/mol. The summed E-state index contributed by atoms with van der Waals surface area (Å²) in [4.78, 5) is 27.8. The molecule has 1 aromatic carbocycles. The lowest BCUT2D eigenvalue weighted by Gasteiger charge is -2.50. The van der Waals surface area contributed by atoms with Crippen LogP contribution in [0, 0.1) is 52.3 Å². The van der Waals surface area contributed by atoms with Crippen molar-refractivity contribution in [1.82, 2.24) is 5.32 Å². The molecule has 1 amide bonds. The van der Waals surface area contributed by atoms with Gasteiger partial charge in [-0.1, -0.05) is 57.6 Å². The number of nitrogens with one attached hydrogen (secondary N) is 1. The van der Waals surface area contributed by atoms with Gasteiger partial charge in [-0.3, -0.25) is 9.59 Å². The molecule has 198 valence electrons. The summed E-state index contributed by atoms with van der Waals surface area (Å²) < 4.78 is 6.97. The lowest BCUT2D eigenvalue weighted by Crippen LogP contribution is -2.50. The molecule has 2 saturated carbocycles. The molecule has 3 aliphatic heterocycles. The number of hydrogen-bond acceptors (Lipinski definition) is 4. The summed E-state index contributed by atoms with van der Waals surface area (Å²) in [6.07, 6.45) is 6.60. The van der Waals surface area contributed by atoms with Crippen molar-refractivity contribution >= 4 is 11.7 Å². The summed E-state index contributed by atoms with van der Waals surface area (Å²) in [5, 5.41) is 14.1. The van der Waals surface area contributed by atoms with Crippen LogP contribution in [0.25, 0.3) is 0 Å². The Balaban J connectivity index is 1.59. The highest BCUT2D eigenvalue weighted by molar-refractivity contribution is 6.05. The second-order valence-electron chi connectivity index (χ2n) is 13.6. The number of allylic oxidation sites excluding steroid dienone is 3. The SMILES string of the molecule is C=[13CH][C@@]1(C)C=C(C)[C@@H]2[C@@H]3[C@H](Oc4ccc(cc4)C[C@@]4(O)C[C@H](C(=O)N4)C(=O)[C@H]31)[C@@H]1[C@@H](C)C[C@@H](C)C[C@]12C. The van der Waals surface area contributed by atoms with Crippen LogP contribution in [0.4, 0.5) is 0 Å². The second kappa shape index (κ2) is 8.05. The van der Waals surface area contributed by atoms with E-state index < -0.39 is 23.0 Å². The van der Waals surface area contributed by atoms with Crippen LogP contribution in [0.15, 0.2) is 48.6 Å². The van der Waals surface area contributed by atoms with Crippen LogP contribution in [0.1, 0.15) is 59.4 Å². The van der Waals surface area contributed by atoms with Gasteiger partial charge in [-0.25, -0.2) is 0 Å². The van der Waals surface area contributed by atoms with Gasteiger partial charge >= 0.3 is 0 Å². The van der Waals surface area contributed by atoms with E-state index in [2.05, 4.69) is 52.6 Å². The first-order valence-corrected chi connectivity index (χ1v) is 14.1. The number of benzene rings is 1. The predicted octanol–water partition coefficient (Wildman–Crippen LogP) is 5.09. The summed E-state index contributed by atoms with van der Waals surface area (Å²) in [6, 6.07) is 7.92. The number of hydrogen-bond donors (Lipinski definition) is 2. The third-order valence-electron chi connectivity index (χ3n) is 10.8. The molecule has 11 atom stereocenters. The fourth-order valence-electron chi connectivity index (χ4n) is 9.97. The van der Waals surface area contributed by atoms with E-state index >= 15 is 0 Å². The highest BCUT2D eigenvalue weighted by Crippen LogP contribution is 2.68. The van der Waals surface area contributed by atoms with E-state index in [1.54, 1.807) is 0 Å². The fourth-order valence-corrected chi connectivity index (χ4v) is 9.97. The van der Waals surface area contributed by atoms with Crippen LogP contribution in [0.5, 0.6) is 5.75 Å². The van der Waals surface area contributed by atoms with Crippen LogP contribution < -0.4 is 10.1 Å². The van der Waals surface area contributed by atoms with Gasteiger partial charge in [0.1, 0.15) is 29.3 Å². The summed E-state index contributed by atoms with van der Waals surface area (Å²) in [5.74, 6) is 0.492. The molecule has 3 fully saturated rings. The third-order valence-corrected chi connectivity index (χ3v) is 10.8. The minimum absolute atomic E-state index is 0.0102. The Hall–Kier alpha value is -2.40. The molecule has 7 rings (SSSR count). The van der Waals surface area contributed by atoms with Crippen LogP contribution in [-0.2, 0) is 16.0 Å². The van der Waals surface area contributed by atoms with E-state index in [9.17, 15) is 14.7 Å². The summed E-state index contributed by atoms with van der Waals surface area (Å²) in [6.45, 7) is 15.6. The van der Waals surface area contributed by atoms with E-state index in [0.717, 1.165) is 24.2 Å². The second-order valence-corrected chi connectivity index (χ2v) is 13.6. The number of fused-ring (bicyclic) bond motifs is 4. The largest absolute Gasteiger partial charge is 0.490 e. The first kappa shape index (κ1) is 24.9. The number of rotatable bonds is 1. The number of carbonyl (C=O) groups is 2. The molecule has 1 aromatic rings. The normalized spacial score (nSPS) is 48.4. The number of ether oxygens (including phenoxy) is 1. The molecule has 4 bridgehead atoms. The van der Waals surface area contributed by atoms with Crippen molar-refractivity contribution < 1.29 is 19.4 Å². The van der Waals surface area contributed by atoms with Crippen molar-refractivity contribution in [2.75, 3.05) is 0 Å². The number of ketones is 1. The summed E-state index contributed by atoms with van der Waals surface area (Å²) >= 11 is 0. The number of amides is 1. The Morgan fingerprint density at radius 1 is 1.11 bits per heavy atom. The minimum Gasteiger partial charge on any atom is -0.490 e. The molecule has 0 unspecified atom stereocenters. The van der Waals surface area contributed by atoms with Gasteiger partial charge < -0.3 is 15.2 Å². The Bertz CT molecular complexity index is 1190. The number of Topliss-reactive ketones (excluding diaryl/α,β-unsaturated/α-hetero) is 1. The zero-order chi connectivity index (χ0) is 26.5. The first-order valence-electron chi connectivity index (χ1n) is 14.1. The van der Waals surface area contributed by atoms with Crippen molar-refractivity contribution in [3.05, 3.63) is 54.1 Å². The summed E-state index contributed by atoms with van der Waals surface area (Å²) in [7, 11) is 0. The van der Waals surface area contributed by atoms with E-state index in [-0.39, 0.29) is 47.9 Å². The van der Waals surface area contributed by atoms with Gasteiger partial charge in [-0.05, 0) is 60.6 Å². The molecule has 1 saturated heterocycles. The number of aliphatic hydroxyl groups is 1. The highest BCUT2D eigenvalue weighted by atomic mass is 16.5. The molecule has 37 heavy (non-hydrogen) atoms. The molecule has 0 radical (unpaired) electrons. The average Bonchev–Trinajstić information content (AvgIpc) is 3.24. The maximum atomic E-state index is 14.6. The van der Waals surface area contributed by atoms with Gasteiger partial charge in [0, 0.05) is 36.0 Å². The monoisotopic (exact) mass is 504 g/mol. The molecule has 2 N–H and O–H groups in total. The minimum atomic E-state index is -1.43. The lowest BCUT2D eigenvalue weighted by atomic mass is 9.54. The summed E-state index contributed by atoms with van der Waals surface area (Å²) in [5.41, 5.74) is 0.166. The van der Waals surface area contributed by atoms with Crippen molar-refractivity contribution in [1.29, 1.82) is 0 Å². The van der Waals surface area contributed by atoms with Crippen molar-refractivity contribution in [3.8, 4) is 5.75 Å². The molecule has 5 heteroatoms. The Labute approximate surface area is 220 Å². The molecular formula is C32H41NO4. The van der Waals surface area contributed by atoms with Gasteiger partial charge in [0.2, 0.25) is 5.91 Å². The smallest absolute Gasteiger partial charge is 0.232 e. The Morgan fingerprint density at radius 3 is 2.49 bits per heavy atom. The van der Waals surface area contributed by atoms with E-state index in [0.29, 0.717) is 17.8 Å². The Morgan fingerprint density at radius 2 is 1.81 bits per heavy atom. The molecule has 3 heterocycles. The van der Waals surface area contributed by atoms with Gasteiger partial charge in [0.15, 0.2) is 0 Å². The Kier molecular flexibility index (Phi) is 5.42. The van der Waals surface area contributed by atoms with Crippen LogP contribution in [0.3, 0.4) is 0 Å². The van der Waals surface area contributed by atoms with E-state index in [1.165, 1.54) is 5.57 Å². The van der Waals surface area contributed by atoms with Gasteiger partial charge in [0.05, 0.1) is 0 Å². The van der Waals surface area contributed by atoms with Crippen molar-refractivity contribution in [2.45, 2.75) is 72.1 Å². The van der Waals surface area contributed by atoms with Gasteiger partial charge in [-0.15, -0.1) is 6.58 Å². The molecule has 0 aromatic heterocycles. The van der Waals surface area contributed by atoms with Crippen molar-refractivity contribution in [3.63, 3.8) is 0 Å². The molecular weight excluding hydrogens is 463 g/mol. The third kappa shape index (κ3) is 3.52. The highest BCUT2D eigenvalue weighted by Gasteiger charge is 2.68. The van der Waals surface area contributed by atoms with Gasteiger partial charge in [-0.2, -0.15) is 0 Å². The molecule has 6 aliphatic rings. The maximum Gasteiger partial charge on any atom is 0.232 e. The fraction of sp³-hybridized carbons (Fsp3) is 0.625.